The summed E-state index contributed by atoms with van der Waals surface area (Å²) < 4.78 is 2.23. The lowest BCUT2D eigenvalue weighted by atomic mass is 9.91. The number of benzene rings is 6. The molecule has 1 aliphatic heterocycles. The number of anilines is 2. The van der Waals surface area contributed by atoms with Crippen LogP contribution in [-0.4, -0.2) is 14.5 Å². The highest BCUT2D eigenvalue weighted by Gasteiger charge is 2.35. The largest absolute Gasteiger partial charge is 0.313 e. The van der Waals surface area contributed by atoms with Crippen LogP contribution in [0.5, 0.6) is 0 Å². The molecule has 56 heavy (non-hydrogen) atoms. The van der Waals surface area contributed by atoms with Crippen molar-refractivity contribution in [3.05, 3.63) is 205 Å². The maximum atomic E-state index is 5.23. The van der Waals surface area contributed by atoms with Crippen molar-refractivity contribution in [2.24, 2.45) is 0 Å². The van der Waals surface area contributed by atoms with E-state index in [-0.39, 0.29) is 0 Å². The van der Waals surface area contributed by atoms with Crippen LogP contribution in [0.15, 0.2) is 194 Å². The van der Waals surface area contributed by atoms with Gasteiger partial charge in [-0.15, -0.1) is 0 Å². The number of hydrogen-bond donors (Lipinski definition) is 0. The normalized spacial score (nSPS) is 15.9. The second-order valence-corrected chi connectivity index (χ2v) is 14.9. The quantitative estimate of drug-likeness (QED) is 0.172. The lowest BCUT2D eigenvalue weighted by molar-refractivity contribution is 0.819. The maximum absolute atomic E-state index is 5.23. The Morgan fingerprint density at radius 3 is 1.93 bits per heavy atom. The van der Waals surface area contributed by atoms with Crippen LogP contribution < -0.4 is 4.90 Å². The predicted octanol–water partition coefficient (Wildman–Crippen LogP) is 13.4. The summed E-state index contributed by atoms with van der Waals surface area (Å²) in [6.45, 7) is 0. The first-order valence-electron chi connectivity index (χ1n) is 19.6. The van der Waals surface area contributed by atoms with E-state index in [1.165, 1.54) is 55.7 Å². The van der Waals surface area contributed by atoms with Crippen LogP contribution >= 0.6 is 0 Å². The highest BCUT2D eigenvalue weighted by Crippen LogP contribution is 2.52. The number of allylic oxidation sites excluding steroid dienone is 8. The molecule has 1 unspecified atom stereocenters. The molecule has 0 bridgehead atoms. The van der Waals surface area contributed by atoms with Gasteiger partial charge in [-0.25, -0.2) is 9.97 Å². The van der Waals surface area contributed by atoms with E-state index in [4.69, 9.17) is 9.97 Å². The summed E-state index contributed by atoms with van der Waals surface area (Å²) in [4.78, 5) is 12.9. The Hall–Kier alpha value is -7.04. The van der Waals surface area contributed by atoms with Gasteiger partial charge in [0.1, 0.15) is 0 Å². The summed E-state index contributed by atoms with van der Waals surface area (Å²) >= 11 is 0. The Kier molecular flexibility index (Phi) is 7.73. The zero-order valence-electron chi connectivity index (χ0n) is 30.9. The highest BCUT2D eigenvalue weighted by atomic mass is 15.2. The van der Waals surface area contributed by atoms with Crippen LogP contribution in [0.3, 0.4) is 0 Å². The molecular weight excluding hydrogens is 681 g/mol. The van der Waals surface area contributed by atoms with E-state index < -0.39 is 0 Å². The Morgan fingerprint density at radius 2 is 1.18 bits per heavy atom. The molecule has 0 saturated carbocycles. The Bertz CT molecular complexity index is 2870. The summed E-state index contributed by atoms with van der Waals surface area (Å²) in [5, 5.41) is 2.35. The van der Waals surface area contributed by atoms with Crippen LogP contribution in [0.1, 0.15) is 36.3 Å². The van der Waals surface area contributed by atoms with Crippen molar-refractivity contribution in [1.82, 2.24) is 14.5 Å². The van der Waals surface area contributed by atoms with Crippen LogP contribution in [0, 0.1) is 0 Å². The molecule has 266 valence electrons. The number of rotatable bonds is 6. The van der Waals surface area contributed by atoms with Crippen molar-refractivity contribution < 1.29 is 0 Å². The highest BCUT2D eigenvalue weighted by molar-refractivity contribution is 6.10. The third-order valence-electron chi connectivity index (χ3n) is 11.6. The van der Waals surface area contributed by atoms with Gasteiger partial charge < -0.3 is 4.90 Å². The summed E-state index contributed by atoms with van der Waals surface area (Å²) in [6, 6.07) is 54.6. The second-order valence-electron chi connectivity index (χ2n) is 14.9. The lowest BCUT2D eigenvalue weighted by Gasteiger charge is -2.25. The molecule has 0 amide bonds. The molecular formula is C52H38N4. The van der Waals surface area contributed by atoms with Gasteiger partial charge in [-0.3, -0.25) is 4.57 Å². The summed E-state index contributed by atoms with van der Waals surface area (Å²) in [5.41, 5.74) is 16.3. The first kappa shape index (κ1) is 32.4. The van der Waals surface area contributed by atoms with Gasteiger partial charge in [-0.05, 0) is 95.6 Å². The molecule has 1 atom stereocenters. The number of aromatic nitrogens is 3. The average Bonchev–Trinajstić information content (AvgIpc) is 3.79. The van der Waals surface area contributed by atoms with Crippen LogP contribution in [0.2, 0.25) is 0 Å². The summed E-state index contributed by atoms with van der Waals surface area (Å²) in [7, 11) is 0. The smallest absolute Gasteiger partial charge is 0.235 e. The first-order valence-corrected chi connectivity index (χ1v) is 19.6. The van der Waals surface area contributed by atoms with E-state index >= 15 is 0 Å². The van der Waals surface area contributed by atoms with Crippen LogP contribution in [0.25, 0.3) is 67.0 Å². The van der Waals surface area contributed by atoms with E-state index in [0.29, 0.717) is 11.9 Å². The van der Waals surface area contributed by atoms with Crippen molar-refractivity contribution in [3.8, 4) is 39.6 Å². The first-order chi connectivity index (χ1) is 27.8. The van der Waals surface area contributed by atoms with E-state index in [0.717, 1.165) is 52.8 Å². The molecule has 0 saturated heterocycles. The SMILES string of the molecule is C1=CCCC(c2ccc(N3C4=CC=CCC4c4ccc(-c5ccc6c(c5)c5ccccc5n6-c5nc(-c6ccccc6)cc(-c6ccccc6)n5)cc43)cc2)=C1. The number of fused-ring (bicyclic) bond motifs is 6. The van der Waals surface area contributed by atoms with Crippen molar-refractivity contribution >= 4 is 38.8 Å². The molecule has 4 heteroatoms. The third-order valence-corrected chi connectivity index (χ3v) is 11.6. The molecule has 8 aromatic rings. The predicted molar refractivity (Wildman–Crippen MR) is 232 cm³/mol. The average molecular weight is 719 g/mol. The summed E-state index contributed by atoms with van der Waals surface area (Å²) in [6.07, 6.45) is 16.7. The van der Waals surface area contributed by atoms with Crippen molar-refractivity contribution in [1.29, 1.82) is 0 Å². The molecule has 0 radical (unpaired) electrons. The fourth-order valence-electron chi connectivity index (χ4n) is 8.86. The minimum Gasteiger partial charge on any atom is -0.313 e. The van der Waals surface area contributed by atoms with Gasteiger partial charge in [-0.2, -0.15) is 0 Å². The fraction of sp³-hybridized carbons (Fsp3) is 0.0769. The Morgan fingerprint density at radius 1 is 0.518 bits per heavy atom. The maximum Gasteiger partial charge on any atom is 0.235 e. The number of para-hydroxylation sites is 1. The van der Waals surface area contributed by atoms with E-state index in [9.17, 15) is 0 Å². The molecule has 11 rings (SSSR count). The van der Waals surface area contributed by atoms with Crippen molar-refractivity contribution in [2.75, 3.05) is 4.90 Å². The van der Waals surface area contributed by atoms with Gasteiger partial charge in [0.2, 0.25) is 5.95 Å². The molecule has 4 nitrogen and oxygen atoms in total. The third kappa shape index (κ3) is 5.45. The van der Waals surface area contributed by atoms with Gasteiger partial charge in [0.05, 0.1) is 28.1 Å². The van der Waals surface area contributed by atoms with Crippen molar-refractivity contribution in [2.45, 2.75) is 25.2 Å². The molecule has 2 aliphatic carbocycles. The molecule has 3 heterocycles. The zero-order valence-corrected chi connectivity index (χ0v) is 30.9. The van der Waals surface area contributed by atoms with Crippen molar-refractivity contribution in [3.63, 3.8) is 0 Å². The van der Waals surface area contributed by atoms with E-state index in [1.807, 2.05) is 12.1 Å². The topological polar surface area (TPSA) is 34.0 Å². The van der Waals surface area contributed by atoms with Gasteiger partial charge in [0.15, 0.2) is 0 Å². The summed E-state index contributed by atoms with van der Waals surface area (Å²) in [5.74, 6) is 1.01. The van der Waals surface area contributed by atoms with E-state index in [1.54, 1.807) is 0 Å². The Balaban J connectivity index is 1.04. The molecule has 2 aromatic heterocycles. The lowest BCUT2D eigenvalue weighted by Crippen LogP contribution is -2.14. The zero-order chi connectivity index (χ0) is 37.0. The monoisotopic (exact) mass is 718 g/mol. The Labute approximate surface area is 326 Å². The van der Waals surface area contributed by atoms with Crippen LogP contribution in [-0.2, 0) is 0 Å². The van der Waals surface area contributed by atoms with Gasteiger partial charge in [-0.1, -0.05) is 140 Å². The van der Waals surface area contributed by atoms with Crippen LogP contribution in [0.4, 0.5) is 11.4 Å². The van der Waals surface area contributed by atoms with Gasteiger partial charge in [0.25, 0.3) is 0 Å². The minimum atomic E-state index is 0.350. The number of hydrogen-bond acceptors (Lipinski definition) is 3. The number of nitrogens with zero attached hydrogens (tertiary/aromatic N) is 4. The van der Waals surface area contributed by atoms with E-state index in [2.05, 4.69) is 185 Å². The fourth-order valence-corrected chi connectivity index (χ4v) is 8.86. The minimum absolute atomic E-state index is 0.350. The van der Waals surface area contributed by atoms with Gasteiger partial charge in [0, 0.05) is 39.2 Å². The molecule has 0 fully saturated rings. The molecule has 0 spiro atoms. The molecule has 6 aromatic carbocycles. The standard InChI is InChI=1S/C52H38N4/c1-4-14-35(15-5-1)36-24-28-41(29-25-36)55-48-22-12-10-20-42(48)44-30-26-40(33-51(44)55)39-27-31-50-45(32-39)43-21-11-13-23-49(43)56(50)52-53-46(37-16-6-2-7-17-37)34-47(54-52)38-18-8-3-9-19-38/h1-4,6-14,16-19,21-34,42H,5,15,20H2. The molecule has 3 aliphatic rings. The molecule has 0 N–H and O–H groups in total. The second kappa shape index (κ2) is 13.4. The van der Waals surface area contributed by atoms with Gasteiger partial charge >= 0.3 is 0 Å².